The normalized spacial score (nSPS) is 11.9. The second kappa shape index (κ2) is 6.27. The Balaban J connectivity index is 2.23. The maximum absolute atomic E-state index is 11.2. The van der Waals surface area contributed by atoms with Gasteiger partial charge in [0.15, 0.2) is 9.84 Å². The van der Waals surface area contributed by atoms with Crippen LogP contribution in [0.3, 0.4) is 0 Å². The van der Waals surface area contributed by atoms with Crippen LogP contribution >= 0.6 is 39.0 Å². The number of thioether (sulfide) groups is 1. The van der Waals surface area contributed by atoms with Gasteiger partial charge in [0.25, 0.3) is 0 Å². The summed E-state index contributed by atoms with van der Waals surface area (Å²) in [4.78, 5) is 0. The fourth-order valence-electron chi connectivity index (χ4n) is 0.942. The minimum absolute atomic E-state index is 0.248. The SMILES string of the molecule is CCS(=O)(=O)CCSCc1csc(Br)c1. The summed E-state index contributed by atoms with van der Waals surface area (Å²) >= 11 is 6.72. The molecule has 0 saturated heterocycles. The van der Waals surface area contributed by atoms with Crippen LogP contribution in [0.25, 0.3) is 0 Å². The van der Waals surface area contributed by atoms with Gasteiger partial charge in [0, 0.05) is 17.3 Å². The number of hydrogen-bond acceptors (Lipinski definition) is 4. The molecule has 1 aromatic heterocycles. The highest BCUT2D eigenvalue weighted by Gasteiger charge is 2.06. The molecular formula is C9H13BrO2S3. The average molecular weight is 329 g/mol. The van der Waals surface area contributed by atoms with Gasteiger partial charge in [0.1, 0.15) is 0 Å². The van der Waals surface area contributed by atoms with Crippen LogP contribution in [-0.4, -0.2) is 25.7 Å². The topological polar surface area (TPSA) is 34.1 Å². The Kier molecular flexibility index (Phi) is 5.66. The lowest BCUT2D eigenvalue weighted by Gasteiger charge is -2.00. The zero-order valence-corrected chi connectivity index (χ0v) is 12.4. The van der Waals surface area contributed by atoms with E-state index in [9.17, 15) is 8.42 Å². The quantitative estimate of drug-likeness (QED) is 0.752. The molecule has 6 heteroatoms. The molecule has 0 aliphatic rings. The van der Waals surface area contributed by atoms with Crippen LogP contribution in [0.4, 0.5) is 0 Å². The van der Waals surface area contributed by atoms with E-state index in [1.165, 1.54) is 5.56 Å². The van der Waals surface area contributed by atoms with Gasteiger partial charge in [0.2, 0.25) is 0 Å². The molecule has 86 valence electrons. The molecule has 2 nitrogen and oxygen atoms in total. The smallest absolute Gasteiger partial charge is 0.150 e. The molecule has 0 N–H and O–H groups in total. The van der Waals surface area contributed by atoms with E-state index in [2.05, 4.69) is 27.4 Å². The lowest BCUT2D eigenvalue weighted by molar-refractivity contribution is 0.599. The zero-order chi connectivity index (χ0) is 11.3. The summed E-state index contributed by atoms with van der Waals surface area (Å²) in [5.41, 5.74) is 1.26. The van der Waals surface area contributed by atoms with Gasteiger partial charge in [0.05, 0.1) is 9.54 Å². The van der Waals surface area contributed by atoms with Crippen LogP contribution < -0.4 is 0 Å². The molecule has 0 spiro atoms. The molecule has 0 aliphatic carbocycles. The molecule has 0 atom stereocenters. The van der Waals surface area contributed by atoms with E-state index in [1.54, 1.807) is 30.0 Å². The molecule has 0 aliphatic heterocycles. The van der Waals surface area contributed by atoms with Crippen LogP contribution in [0.1, 0.15) is 12.5 Å². The van der Waals surface area contributed by atoms with Gasteiger partial charge >= 0.3 is 0 Å². The molecule has 0 bridgehead atoms. The number of hydrogen-bond donors (Lipinski definition) is 0. The molecule has 0 amide bonds. The first-order valence-corrected chi connectivity index (χ1v) is 9.19. The monoisotopic (exact) mass is 328 g/mol. The van der Waals surface area contributed by atoms with E-state index < -0.39 is 9.84 Å². The third-order valence-corrected chi connectivity index (χ3v) is 6.42. The van der Waals surface area contributed by atoms with Gasteiger partial charge in [-0.3, -0.25) is 0 Å². The van der Waals surface area contributed by atoms with E-state index in [-0.39, 0.29) is 5.75 Å². The Morgan fingerprint density at radius 1 is 1.53 bits per heavy atom. The predicted molar refractivity (Wildman–Crippen MR) is 72.5 cm³/mol. The van der Waals surface area contributed by atoms with Crippen LogP contribution in [0, 0.1) is 0 Å². The first-order valence-electron chi connectivity index (χ1n) is 4.54. The van der Waals surface area contributed by atoms with Crippen molar-refractivity contribution in [3.8, 4) is 0 Å². The molecule has 0 radical (unpaired) electrons. The Labute approximate surface area is 108 Å². The Bertz CT molecular complexity index is 397. The summed E-state index contributed by atoms with van der Waals surface area (Å²) in [6.45, 7) is 1.69. The third kappa shape index (κ3) is 5.38. The van der Waals surface area contributed by atoms with Crippen LogP contribution in [-0.2, 0) is 15.6 Å². The fraction of sp³-hybridized carbons (Fsp3) is 0.556. The Morgan fingerprint density at radius 3 is 2.80 bits per heavy atom. The first-order chi connectivity index (χ1) is 7.03. The van der Waals surface area contributed by atoms with Crippen LogP contribution in [0.5, 0.6) is 0 Å². The molecule has 0 saturated carbocycles. The molecule has 1 rings (SSSR count). The first kappa shape index (κ1) is 13.5. The van der Waals surface area contributed by atoms with E-state index in [4.69, 9.17) is 0 Å². The van der Waals surface area contributed by atoms with E-state index in [0.29, 0.717) is 11.5 Å². The summed E-state index contributed by atoms with van der Waals surface area (Å²) in [6, 6.07) is 2.08. The number of rotatable bonds is 6. The van der Waals surface area contributed by atoms with Gasteiger partial charge in [-0.25, -0.2) is 8.42 Å². The average Bonchev–Trinajstić information content (AvgIpc) is 2.59. The van der Waals surface area contributed by atoms with E-state index >= 15 is 0 Å². The van der Waals surface area contributed by atoms with Crippen molar-refractivity contribution in [2.24, 2.45) is 0 Å². The van der Waals surface area contributed by atoms with Crippen molar-refractivity contribution in [3.05, 3.63) is 20.8 Å². The molecule has 0 aromatic carbocycles. The Hall–Kier alpha value is 0.480. The second-order valence-electron chi connectivity index (χ2n) is 3.05. The molecule has 1 aromatic rings. The predicted octanol–water partition coefficient (Wildman–Crippen LogP) is 3.18. The highest BCUT2D eigenvalue weighted by atomic mass is 79.9. The summed E-state index contributed by atoms with van der Waals surface area (Å²) in [5, 5.41) is 2.09. The maximum atomic E-state index is 11.2. The highest BCUT2D eigenvalue weighted by Crippen LogP contribution is 2.23. The number of halogens is 1. The largest absolute Gasteiger partial charge is 0.229 e. The molecule has 0 unspecified atom stereocenters. The van der Waals surface area contributed by atoms with Gasteiger partial charge in [-0.15, -0.1) is 11.3 Å². The van der Waals surface area contributed by atoms with Crippen molar-refractivity contribution >= 4 is 48.9 Å². The minimum atomic E-state index is -2.80. The fourth-order valence-corrected chi connectivity index (χ4v) is 4.58. The van der Waals surface area contributed by atoms with Gasteiger partial charge in [-0.1, -0.05) is 6.92 Å². The summed E-state index contributed by atoms with van der Waals surface area (Å²) < 4.78 is 23.5. The van der Waals surface area contributed by atoms with Crippen molar-refractivity contribution in [3.63, 3.8) is 0 Å². The number of thiophene rings is 1. The molecular weight excluding hydrogens is 316 g/mol. The third-order valence-electron chi connectivity index (χ3n) is 1.87. The lowest BCUT2D eigenvalue weighted by Crippen LogP contribution is -2.10. The van der Waals surface area contributed by atoms with E-state index in [1.807, 2.05) is 0 Å². The van der Waals surface area contributed by atoms with Crippen molar-refractivity contribution in [1.29, 1.82) is 0 Å². The standard InChI is InChI=1S/C9H13BrO2S3/c1-2-15(11,12)4-3-13-6-8-5-9(10)14-7-8/h5,7H,2-4,6H2,1H3. The lowest BCUT2D eigenvalue weighted by atomic mass is 10.4. The number of sulfone groups is 1. The summed E-state index contributed by atoms with van der Waals surface area (Å²) in [6.07, 6.45) is 0. The Morgan fingerprint density at radius 2 is 2.27 bits per heavy atom. The van der Waals surface area contributed by atoms with Crippen LogP contribution in [0.15, 0.2) is 15.2 Å². The van der Waals surface area contributed by atoms with Crippen molar-refractivity contribution in [2.75, 3.05) is 17.3 Å². The zero-order valence-electron chi connectivity index (χ0n) is 8.40. The second-order valence-corrected chi connectivity index (χ2v) is 8.92. The van der Waals surface area contributed by atoms with Gasteiger partial charge in [-0.05, 0) is 32.9 Å². The molecule has 15 heavy (non-hydrogen) atoms. The van der Waals surface area contributed by atoms with Gasteiger partial charge < -0.3 is 0 Å². The van der Waals surface area contributed by atoms with E-state index in [0.717, 1.165) is 9.54 Å². The summed E-state index contributed by atoms with van der Waals surface area (Å²) in [5.74, 6) is 2.11. The van der Waals surface area contributed by atoms with Gasteiger partial charge in [-0.2, -0.15) is 11.8 Å². The molecule has 0 fully saturated rings. The van der Waals surface area contributed by atoms with Crippen LogP contribution in [0.2, 0.25) is 0 Å². The minimum Gasteiger partial charge on any atom is -0.229 e. The van der Waals surface area contributed by atoms with Crippen molar-refractivity contribution < 1.29 is 8.42 Å². The maximum Gasteiger partial charge on any atom is 0.150 e. The van der Waals surface area contributed by atoms with Crippen molar-refractivity contribution in [1.82, 2.24) is 0 Å². The highest BCUT2D eigenvalue weighted by molar-refractivity contribution is 9.11. The molecule has 1 heterocycles. The van der Waals surface area contributed by atoms with Crippen molar-refractivity contribution in [2.45, 2.75) is 12.7 Å². The summed E-state index contributed by atoms with van der Waals surface area (Å²) in [7, 11) is -2.80.